The van der Waals surface area contributed by atoms with Crippen LogP contribution in [0, 0.1) is 0 Å². The van der Waals surface area contributed by atoms with Crippen LogP contribution in [-0.2, 0) is 14.0 Å². The summed E-state index contributed by atoms with van der Waals surface area (Å²) in [5.41, 5.74) is 0. The number of hydrogen-bond acceptors (Lipinski definition) is 4. The van der Waals surface area contributed by atoms with Crippen molar-refractivity contribution in [3.63, 3.8) is 0 Å². The second kappa shape index (κ2) is 4.50. The number of carbonyl (C=O) groups excluding carboxylic acids is 1. The average Bonchev–Trinajstić information content (AvgIpc) is 2.83. The smallest absolute Gasteiger partial charge is 0.331 e. The zero-order chi connectivity index (χ0) is 12.5. The monoisotopic (exact) mass is 252 g/mol. The first-order valence-corrected chi connectivity index (χ1v) is 8.96. The van der Waals surface area contributed by atoms with Crippen molar-refractivity contribution >= 4 is 14.3 Å². The van der Waals surface area contributed by atoms with Gasteiger partial charge in [0.15, 0.2) is 14.4 Å². The van der Waals surface area contributed by atoms with Crippen LogP contribution in [0.5, 0.6) is 0 Å². The maximum absolute atomic E-state index is 11.1. The van der Waals surface area contributed by atoms with Gasteiger partial charge < -0.3 is 13.6 Å². The van der Waals surface area contributed by atoms with Gasteiger partial charge in [-0.1, -0.05) is 0 Å². The number of esters is 1. The Hall–Kier alpha value is -1.33. The van der Waals surface area contributed by atoms with Gasteiger partial charge in [-0.05, 0) is 37.8 Å². The lowest BCUT2D eigenvalue weighted by atomic mass is 10.1. The molecular formula is C12H16O4Si. The number of carbonyl (C=O) groups is 1. The van der Waals surface area contributed by atoms with Crippen LogP contribution in [0.15, 0.2) is 35.0 Å². The van der Waals surface area contributed by atoms with E-state index in [1.54, 1.807) is 18.4 Å². The summed E-state index contributed by atoms with van der Waals surface area (Å²) in [5.74, 6) is 0.363. The molecule has 92 valence electrons. The number of hydrogen-bond donors (Lipinski definition) is 0. The van der Waals surface area contributed by atoms with E-state index in [1.807, 2.05) is 6.07 Å². The molecule has 2 atom stereocenters. The number of ether oxygens (including phenoxy) is 1. The third-order valence-corrected chi connectivity index (χ3v) is 3.24. The molecule has 0 N–H and O–H groups in total. The van der Waals surface area contributed by atoms with E-state index in [9.17, 15) is 4.79 Å². The van der Waals surface area contributed by atoms with Crippen molar-refractivity contribution in [1.29, 1.82) is 0 Å². The molecule has 0 amide bonds. The highest BCUT2D eigenvalue weighted by Gasteiger charge is 2.34. The minimum atomic E-state index is -1.75. The maximum atomic E-state index is 11.1. The summed E-state index contributed by atoms with van der Waals surface area (Å²) in [6, 6.07) is 3.64. The highest BCUT2D eigenvalue weighted by atomic mass is 28.4. The normalized spacial score (nSPS) is 21.6. The van der Waals surface area contributed by atoms with E-state index in [-0.39, 0.29) is 18.2 Å². The topological polar surface area (TPSA) is 48.7 Å². The Bertz CT molecular complexity index is 416. The van der Waals surface area contributed by atoms with Crippen molar-refractivity contribution in [2.75, 3.05) is 0 Å². The highest BCUT2D eigenvalue weighted by Crippen LogP contribution is 2.30. The zero-order valence-corrected chi connectivity index (χ0v) is 11.2. The van der Waals surface area contributed by atoms with Crippen LogP contribution in [0.25, 0.3) is 0 Å². The van der Waals surface area contributed by atoms with Gasteiger partial charge in [-0.15, -0.1) is 0 Å². The van der Waals surface area contributed by atoms with Gasteiger partial charge in [-0.2, -0.15) is 0 Å². The molecule has 2 rings (SSSR count). The summed E-state index contributed by atoms with van der Waals surface area (Å²) in [4.78, 5) is 11.1. The lowest BCUT2D eigenvalue weighted by molar-refractivity contribution is -0.142. The molecule has 0 aliphatic carbocycles. The molecule has 1 aromatic rings. The van der Waals surface area contributed by atoms with Gasteiger partial charge in [-0.25, -0.2) is 4.79 Å². The van der Waals surface area contributed by atoms with Crippen LogP contribution in [-0.4, -0.2) is 20.4 Å². The van der Waals surface area contributed by atoms with Gasteiger partial charge in [-0.3, -0.25) is 0 Å². The molecule has 1 aliphatic rings. The lowest BCUT2D eigenvalue weighted by Crippen LogP contribution is -2.33. The summed E-state index contributed by atoms with van der Waals surface area (Å²) in [6.07, 6.45) is 4.00. The first-order valence-electron chi connectivity index (χ1n) is 5.56. The molecule has 0 unspecified atom stereocenters. The van der Waals surface area contributed by atoms with E-state index >= 15 is 0 Å². The van der Waals surface area contributed by atoms with Gasteiger partial charge >= 0.3 is 5.97 Å². The lowest BCUT2D eigenvalue weighted by Gasteiger charge is -2.27. The molecule has 1 aromatic heterocycles. The summed E-state index contributed by atoms with van der Waals surface area (Å²) in [5, 5.41) is 0. The number of furan rings is 1. The quantitative estimate of drug-likeness (QED) is 0.610. The van der Waals surface area contributed by atoms with Crippen LogP contribution >= 0.6 is 0 Å². The van der Waals surface area contributed by atoms with Crippen molar-refractivity contribution in [1.82, 2.24) is 0 Å². The minimum Gasteiger partial charge on any atom is -0.466 e. The highest BCUT2D eigenvalue weighted by molar-refractivity contribution is 6.69. The summed E-state index contributed by atoms with van der Waals surface area (Å²) < 4.78 is 16.6. The third-order valence-electron chi connectivity index (χ3n) is 2.28. The first kappa shape index (κ1) is 12.1. The zero-order valence-electron chi connectivity index (χ0n) is 10.2. The average molecular weight is 252 g/mol. The molecule has 2 heterocycles. The molecule has 0 radical (unpaired) electrons. The van der Waals surface area contributed by atoms with Crippen molar-refractivity contribution < 1.29 is 18.4 Å². The minimum absolute atomic E-state index is 0.328. The van der Waals surface area contributed by atoms with Crippen LogP contribution in [0.1, 0.15) is 11.9 Å². The molecule has 5 heteroatoms. The van der Waals surface area contributed by atoms with Crippen LogP contribution in [0.2, 0.25) is 19.6 Å². The molecule has 0 aromatic carbocycles. The van der Waals surface area contributed by atoms with Gasteiger partial charge in [0.2, 0.25) is 0 Å². The van der Waals surface area contributed by atoms with Gasteiger partial charge in [0.1, 0.15) is 11.9 Å². The Morgan fingerprint density at radius 1 is 1.41 bits per heavy atom. The molecule has 0 fully saturated rings. The standard InChI is InChI=1S/C12H16O4Si/c1-17(2,3)16-12(9-5-4-8-14-9)10-6-7-11(13)15-10/h4-8,10,12H,1-3H3/t10-,12-/m0/s1. The molecule has 0 spiro atoms. The Kier molecular flexibility index (Phi) is 3.21. The van der Waals surface area contributed by atoms with E-state index in [2.05, 4.69) is 19.6 Å². The van der Waals surface area contributed by atoms with E-state index < -0.39 is 8.32 Å². The number of rotatable bonds is 4. The Labute approximate surface area is 101 Å². The van der Waals surface area contributed by atoms with Gasteiger partial charge in [0.25, 0.3) is 0 Å². The predicted molar refractivity (Wildman–Crippen MR) is 64.9 cm³/mol. The molecule has 0 saturated heterocycles. The maximum Gasteiger partial charge on any atom is 0.331 e. The summed E-state index contributed by atoms with van der Waals surface area (Å²) in [6.45, 7) is 6.26. The van der Waals surface area contributed by atoms with E-state index in [4.69, 9.17) is 13.6 Å². The van der Waals surface area contributed by atoms with Crippen LogP contribution in [0.4, 0.5) is 0 Å². The van der Waals surface area contributed by atoms with Crippen molar-refractivity contribution in [3.05, 3.63) is 36.3 Å². The molecular weight excluding hydrogens is 236 g/mol. The van der Waals surface area contributed by atoms with Crippen LogP contribution < -0.4 is 0 Å². The van der Waals surface area contributed by atoms with Crippen LogP contribution in [0.3, 0.4) is 0 Å². The fraction of sp³-hybridized carbons (Fsp3) is 0.417. The number of cyclic esters (lactones) is 1. The second-order valence-electron chi connectivity index (χ2n) is 4.93. The summed E-state index contributed by atoms with van der Waals surface area (Å²) >= 11 is 0. The van der Waals surface area contributed by atoms with Crippen molar-refractivity contribution in [2.45, 2.75) is 31.8 Å². The first-order chi connectivity index (χ1) is 7.96. The predicted octanol–water partition coefficient (Wildman–Crippen LogP) is 2.65. The Morgan fingerprint density at radius 2 is 2.18 bits per heavy atom. The molecule has 0 saturated carbocycles. The fourth-order valence-corrected chi connectivity index (χ4v) is 2.68. The Balaban J connectivity index is 2.19. The fourth-order valence-electron chi connectivity index (χ4n) is 1.67. The van der Waals surface area contributed by atoms with Crippen molar-refractivity contribution in [2.24, 2.45) is 0 Å². The molecule has 17 heavy (non-hydrogen) atoms. The largest absolute Gasteiger partial charge is 0.466 e. The Morgan fingerprint density at radius 3 is 2.65 bits per heavy atom. The molecule has 0 bridgehead atoms. The third kappa shape index (κ3) is 3.07. The molecule has 4 nitrogen and oxygen atoms in total. The SMILES string of the molecule is C[Si](C)(C)O[C@@H](c1ccco1)[C@@H]1C=CC(=O)O1. The summed E-state index contributed by atoms with van der Waals surface area (Å²) in [7, 11) is -1.75. The van der Waals surface area contributed by atoms with E-state index in [0.29, 0.717) is 5.76 Å². The second-order valence-corrected chi connectivity index (χ2v) is 9.39. The van der Waals surface area contributed by atoms with E-state index in [1.165, 1.54) is 6.08 Å². The van der Waals surface area contributed by atoms with Gasteiger partial charge in [0.05, 0.1) is 6.26 Å². The molecule has 1 aliphatic heterocycles. The van der Waals surface area contributed by atoms with Gasteiger partial charge in [0, 0.05) is 6.08 Å². The van der Waals surface area contributed by atoms with E-state index in [0.717, 1.165) is 0 Å². The van der Waals surface area contributed by atoms with Crippen molar-refractivity contribution in [3.8, 4) is 0 Å².